The molecule has 4 atom stereocenters. The number of carbonyl (C=O) groups excluding carboxylic acids is 5. The molecule has 0 radical (unpaired) electrons. The van der Waals surface area contributed by atoms with Crippen LogP contribution in [-0.2, 0) is 30.3 Å². The van der Waals surface area contributed by atoms with Gasteiger partial charge in [0.25, 0.3) is 5.91 Å². The van der Waals surface area contributed by atoms with E-state index >= 15 is 0 Å². The lowest BCUT2D eigenvalue weighted by Crippen LogP contribution is -2.63. The quantitative estimate of drug-likeness (QED) is 0.194. The molecule has 2 amide bonds. The molecule has 0 bridgehead atoms. The Balaban J connectivity index is 1.53. The van der Waals surface area contributed by atoms with Crippen LogP contribution in [0.4, 0.5) is 5.69 Å². The van der Waals surface area contributed by atoms with Crippen molar-refractivity contribution in [3.05, 3.63) is 70.2 Å². The van der Waals surface area contributed by atoms with Gasteiger partial charge in [0.15, 0.2) is 11.4 Å². The first-order chi connectivity index (χ1) is 21.2. The summed E-state index contributed by atoms with van der Waals surface area (Å²) in [6.07, 6.45) is -0.0211. The minimum absolute atomic E-state index is 0.0304. The Morgan fingerprint density at radius 3 is 2.31 bits per heavy atom. The first-order valence-corrected chi connectivity index (χ1v) is 14.2. The minimum Gasteiger partial charge on any atom is -0.510 e. The summed E-state index contributed by atoms with van der Waals surface area (Å²) in [4.78, 5) is 64.5. The molecule has 13 nitrogen and oxygen atoms in total. The lowest BCUT2D eigenvalue weighted by molar-refractivity contribution is -0.148. The van der Waals surface area contributed by atoms with Crippen molar-refractivity contribution in [3.8, 4) is 16.9 Å². The van der Waals surface area contributed by atoms with E-state index in [0.29, 0.717) is 22.4 Å². The molecule has 236 valence electrons. The molecule has 0 fully saturated rings. The summed E-state index contributed by atoms with van der Waals surface area (Å²) in [7, 11) is 4.37. The van der Waals surface area contributed by atoms with E-state index in [1.165, 1.54) is 18.1 Å². The molecule has 5 rings (SSSR count). The molecule has 0 saturated heterocycles. The summed E-state index contributed by atoms with van der Waals surface area (Å²) in [6.45, 7) is 0. The third kappa shape index (κ3) is 5.03. The Morgan fingerprint density at radius 2 is 1.71 bits per heavy atom. The second kappa shape index (κ2) is 11.5. The number of hydrogen-bond acceptors (Lipinski definition) is 11. The molecule has 7 N–H and O–H groups in total. The van der Waals surface area contributed by atoms with Crippen molar-refractivity contribution in [2.45, 2.75) is 37.3 Å². The van der Waals surface area contributed by atoms with Crippen LogP contribution in [0.1, 0.15) is 35.2 Å². The number of ketones is 2. The monoisotopic (exact) mass is 619 g/mol. The average Bonchev–Trinajstić information content (AvgIpc) is 2.98. The van der Waals surface area contributed by atoms with Gasteiger partial charge in [0.2, 0.25) is 11.7 Å². The van der Waals surface area contributed by atoms with Crippen LogP contribution in [0, 0.1) is 11.8 Å². The molecule has 13 heteroatoms. The molecule has 3 aliphatic rings. The van der Waals surface area contributed by atoms with Crippen molar-refractivity contribution in [2.24, 2.45) is 17.6 Å². The Bertz CT molecular complexity index is 1710. The van der Waals surface area contributed by atoms with Crippen molar-refractivity contribution < 1.29 is 49.1 Å². The van der Waals surface area contributed by atoms with Crippen molar-refractivity contribution in [1.29, 1.82) is 0 Å². The molecule has 1 unspecified atom stereocenters. The zero-order chi connectivity index (χ0) is 33.0. The van der Waals surface area contributed by atoms with E-state index in [4.69, 9.17) is 5.73 Å². The molecule has 0 spiro atoms. The van der Waals surface area contributed by atoms with Gasteiger partial charge in [0.1, 0.15) is 22.8 Å². The minimum atomic E-state index is -2.71. The van der Waals surface area contributed by atoms with Crippen LogP contribution in [0.3, 0.4) is 0 Å². The number of phenolic OH excluding ortho intramolecular Hbond substituents is 1. The summed E-state index contributed by atoms with van der Waals surface area (Å²) >= 11 is 0. The fourth-order valence-electron chi connectivity index (χ4n) is 6.80. The van der Waals surface area contributed by atoms with Gasteiger partial charge in [-0.3, -0.25) is 28.9 Å². The van der Waals surface area contributed by atoms with Gasteiger partial charge in [-0.15, -0.1) is 0 Å². The van der Waals surface area contributed by atoms with E-state index in [1.807, 2.05) is 0 Å². The van der Waals surface area contributed by atoms with Gasteiger partial charge < -0.3 is 36.2 Å². The van der Waals surface area contributed by atoms with E-state index in [1.54, 1.807) is 44.4 Å². The topological polar surface area (TPSA) is 217 Å². The highest BCUT2D eigenvalue weighted by Gasteiger charge is 2.63. The highest BCUT2D eigenvalue weighted by molar-refractivity contribution is 6.25. The van der Waals surface area contributed by atoms with Crippen molar-refractivity contribution in [2.75, 3.05) is 26.5 Å². The number of nitrogens with two attached hydrogens (primary N) is 1. The largest absolute Gasteiger partial charge is 0.510 e. The van der Waals surface area contributed by atoms with Crippen molar-refractivity contribution in [3.63, 3.8) is 0 Å². The lowest BCUT2D eigenvalue weighted by Gasteiger charge is -2.50. The number of Topliss-reactive ketones (excluding diaryl/α,β-unsaturated/α-hetero) is 2. The number of anilines is 1. The number of ether oxygens (including phenoxy) is 1. The molecule has 0 saturated carbocycles. The number of methoxy groups -OCH3 is 1. The van der Waals surface area contributed by atoms with Crippen LogP contribution in [0.25, 0.3) is 11.1 Å². The highest BCUT2D eigenvalue weighted by Crippen LogP contribution is 2.53. The predicted molar refractivity (Wildman–Crippen MR) is 159 cm³/mol. The molecular weight excluding hydrogens is 586 g/mol. The fourth-order valence-corrected chi connectivity index (χ4v) is 6.80. The lowest BCUT2D eigenvalue weighted by atomic mass is 9.58. The molecule has 0 aliphatic heterocycles. The van der Waals surface area contributed by atoms with Crippen LogP contribution >= 0.6 is 0 Å². The maximum Gasteiger partial charge on any atom is 0.306 e. The van der Waals surface area contributed by atoms with Gasteiger partial charge >= 0.3 is 5.97 Å². The number of fused-ring (bicyclic) bond motifs is 3. The number of hydrogen-bond donors (Lipinski definition) is 6. The van der Waals surface area contributed by atoms with Crippen molar-refractivity contribution in [1.82, 2.24) is 4.90 Å². The van der Waals surface area contributed by atoms with E-state index in [-0.39, 0.29) is 48.5 Å². The number of benzene rings is 2. The number of aliphatic hydroxyl groups is 3. The predicted octanol–water partition coefficient (Wildman–Crippen LogP) is 1.68. The van der Waals surface area contributed by atoms with Crippen molar-refractivity contribution >= 4 is 35.0 Å². The Labute approximate surface area is 257 Å². The van der Waals surface area contributed by atoms with Gasteiger partial charge in [0, 0.05) is 23.6 Å². The molecule has 3 aliphatic carbocycles. The normalized spacial score (nSPS) is 24.2. The number of nitrogens with zero attached hydrogens (tertiary/aromatic N) is 1. The van der Waals surface area contributed by atoms with E-state index < -0.39 is 64.0 Å². The molecule has 2 aromatic rings. The summed E-state index contributed by atoms with van der Waals surface area (Å²) < 4.78 is 4.55. The van der Waals surface area contributed by atoms with Crippen LogP contribution in [0.2, 0.25) is 0 Å². The molecule has 0 heterocycles. The van der Waals surface area contributed by atoms with Gasteiger partial charge in [0.05, 0.1) is 25.1 Å². The van der Waals surface area contributed by atoms with Gasteiger partial charge in [-0.2, -0.15) is 0 Å². The number of rotatable bonds is 7. The Hall–Kier alpha value is -5.01. The SMILES string of the molecule is COC(=O)CCC(=O)Nc1ccc(-c2ccc(O)c3c2C[C@H]2C[C@H]4C(N(C)C)C(O)=C(C(N)=O)C(=O)[C@@]4(O)C(O)=C2C3=O)cc1. The zero-order valence-corrected chi connectivity index (χ0v) is 24.8. The number of carbonyl (C=O) groups is 5. The number of primary amides is 1. The van der Waals surface area contributed by atoms with Crippen LogP contribution in [-0.4, -0.2) is 87.5 Å². The maximum absolute atomic E-state index is 13.9. The van der Waals surface area contributed by atoms with E-state index in [2.05, 4.69) is 10.1 Å². The molecule has 0 aromatic heterocycles. The van der Waals surface area contributed by atoms with E-state index in [0.717, 1.165) is 0 Å². The third-order valence-corrected chi connectivity index (χ3v) is 8.87. The standard InChI is InChI=1S/C32H33N3O10/c1-35(2)26-19-13-15-12-18-17(14-4-6-16(7-5-14)34-21(37)10-11-22(38)45-3)8-9-20(36)24(18)27(39)23(15)29(41)32(19,44)30(42)25(28(26)40)31(33)43/h4-9,15,19,26,36,40-41,44H,10-13H2,1-3H3,(H2,33,43)(H,34,37)/t15-,19-,26?,32-/m0/s1. The fraction of sp³-hybridized carbons (Fsp3) is 0.344. The van der Waals surface area contributed by atoms with E-state index in [9.17, 15) is 44.4 Å². The molecule has 2 aromatic carbocycles. The number of amides is 2. The second-order valence-corrected chi connectivity index (χ2v) is 11.7. The van der Waals surface area contributed by atoms with Gasteiger partial charge in [-0.05, 0) is 67.7 Å². The number of nitrogens with one attached hydrogen (secondary N) is 1. The first kappa shape index (κ1) is 31.4. The smallest absolute Gasteiger partial charge is 0.306 e. The summed E-state index contributed by atoms with van der Waals surface area (Å²) in [5.41, 5.74) is 3.65. The van der Waals surface area contributed by atoms with Gasteiger partial charge in [-0.1, -0.05) is 18.2 Å². The number of aromatic hydroxyl groups is 1. The summed E-state index contributed by atoms with van der Waals surface area (Å²) in [6, 6.07) is 8.60. The number of esters is 1. The summed E-state index contributed by atoms with van der Waals surface area (Å²) in [5, 5.41) is 47.6. The molecule has 45 heavy (non-hydrogen) atoms. The van der Waals surface area contributed by atoms with Gasteiger partial charge in [-0.25, -0.2) is 0 Å². The molecular formula is C32H33N3O10. The highest BCUT2D eigenvalue weighted by atomic mass is 16.5. The number of phenols is 1. The second-order valence-electron chi connectivity index (χ2n) is 11.7. The Morgan fingerprint density at radius 1 is 1.04 bits per heavy atom. The first-order valence-electron chi connectivity index (χ1n) is 14.2. The van der Waals surface area contributed by atoms with Crippen LogP contribution in [0.15, 0.2) is 59.1 Å². The number of likely N-dealkylation sites (N-methyl/N-ethyl adjacent to an activating group) is 1. The van der Waals surface area contributed by atoms with Crippen LogP contribution in [0.5, 0.6) is 5.75 Å². The maximum atomic E-state index is 13.9. The number of allylic oxidation sites excluding steroid dienone is 1. The third-order valence-electron chi connectivity index (χ3n) is 8.87. The van der Waals surface area contributed by atoms with Crippen LogP contribution < -0.4 is 11.1 Å². The zero-order valence-electron chi connectivity index (χ0n) is 24.8. The summed E-state index contributed by atoms with van der Waals surface area (Å²) in [5.74, 6) is -8.03. The Kier molecular flexibility index (Phi) is 8.02. The average molecular weight is 620 g/mol. The number of aliphatic hydroxyl groups excluding tert-OH is 2.